The SMILES string of the molecule is Cc1ccc(NC(=O)C[NH+]2CC[C@]3(O)CCCC[C@@H]3[C@H]2c2ccc(F)cc2)c(C)c1. The molecule has 30 heavy (non-hydrogen) atoms. The zero-order valence-electron chi connectivity index (χ0n) is 17.9. The van der Waals surface area contributed by atoms with Crippen molar-refractivity contribution in [3.05, 3.63) is 65.0 Å². The maximum atomic E-state index is 13.6. The summed E-state index contributed by atoms with van der Waals surface area (Å²) in [5.41, 5.74) is 3.39. The molecule has 2 aromatic rings. The van der Waals surface area contributed by atoms with Crippen LogP contribution in [0.2, 0.25) is 0 Å². The number of aryl methyl sites for hydroxylation is 2. The fourth-order valence-electron chi connectivity index (χ4n) is 5.54. The number of carbonyl (C=O) groups excluding carboxylic acids is 1. The van der Waals surface area contributed by atoms with Gasteiger partial charge in [0.15, 0.2) is 6.54 Å². The average Bonchev–Trinajstić information content (AvgIpc) is 2.71. The molecule has 1 unspecified atom stereocenters. The Labute approximate surface area is 178 Å². The van der Waals surface area contributed by atoms with Crippen molar-refractivity contribution in [3.63, 3.8) is 0 Å². The molecular formula is C25H32FN2O2+. The summed E-state index contributed by atoms with van der Waals surface area (Å²) in [5.74, 6) is -0.192. The van der Waals surface area contributed by atoms with Crippen LogP contribution in [0, 0.1) is 25.6 Å². The molecular weight excluding hydrogens is 379 g/mol. The van der Waals surface area contributed by atoms with Crippen LogP contribution in [-0.2, 0) is 4.79 Å². The van der Waals surface area contributed by atoms with Gasteiger partial charge in [0.25, 0.3) is 5.91 Å². The molecule has 1 amide bonds. The molecule has 5 heteroatoms. The number of fused-ring (bicyclic) bond motifs is 1. The van der Waals surface area contributed by atoms with Gasteiger partial charge in [-0.05, 0) is 50.5 Å². The lowest BCUT2D eigenvalue weighted by molar-refractivity contribution is -0.937. The molecule has 4 rings (SSSR count). The van der Waals surface area contributed by atoms with Crippen molar-refractivity contribution in [3.8, 4) is 0 Å². The molecule has 1 aliphatic heterocycles. The van der Waals surface area contributed by atoms with E-state index >= 15 is 0 Å². The van der Waals surface area contributed by atoms with Crippen LogP contribution in [0.15, 0.2) is 42.5 Å². The number of anilines is 1. The Morgan fingerprint density at radius 2 is 1.93 bits per heavy atom. The van der Waals surface area contributed by atoms with E-state index in [-0.39, 0.29) is 23.7 Å². The molecule has 160 valence electrons. The first-order valence-corrected chi connectivity index (χ1v) is 11.1. The van der Waals surface area contributed by atoms with Gasteiger partial charge in [0.05, 0.1) is 12.1 Å². The van der Waals surface area contributed by atoms with Crippen molar-refractivity contribution in [2.24, 2.45) is 5.92 Å². The van der Waals surface area contributed by atoms with Crippen molar-refractivity contribution < 1.29 is 19.2 Å². The molecule has 1 heterocycles. The monoisotopic (exact) mass is 411 g/mol. The van der Waals surface area contributed by atoms with Crippen LogP contribution in [0.1, 0.15) is 54.8 Å². The quantitative estimate of drug-likeness (QED) is 0.723. The zero-order valence-corrected chi connectivity index (χ0v) is 17.9. The zero-order chi connectivity index (χ0) is 21.3. The number of aliphatic hydroxyl groups is 1. The minimum atomic E-state index is -0.676. The first-order chi connectivity index (χ1) is 14.4. The number of quaternary nitrogens is 1. The third-order valence-corrected chi connectivity index (χ3v) is 7.06. The fraction of sp³-hybridized carbons (Fsp3) is 0.480. The third kappa shape index (κ3) is 4.28. The number of nitrogens with one attached hydrogen (secondary N) is 2. The molecule has 2 aromatic carbocycles. The summed E-state index contributed by atoms with van der Waals surface area (Å²) in [4.78, 5) is 14.1. The smallest absolute Gasteiger partial charge is 0.279 e. The Balaban J connectivity index is 1.57. The summed E-state index contributed by atoms with van der Waals surface area (Å²) in [6.07, 6.45) is 4.61. The second kappa shape index (κ2) is 8.48. The summed E-state index contributed by atoms with van der Waals surface area (Å²) in [7, 11) is 0. The van der Waals surface area contributed by atoms with Gasteiger partial charge in [0, 0.05) is 23.6 Å². The van der Waals surface area contributed by atoms with Gasteiger partial charge in [0.2, 0.25) is 0 Å². The van der Waals surface area contributed by atoms with Gasteiger partial charge in [-0.3, -0.25) is 4.79 Å². The number of benzene rings is 2. The molecule has 1 aliphatic carbocycles. The van der Waals surface area contributed by atoms with Crippen LogP contribution in [0.25, 0.3) is 0 Å². The van der Waals surface area contributed by atoms with E-state index in [1.165, 1.54) is 17.7 Å². The first kappa shape index (κ1) is 21.0. The number of piperidine rings is 1. The topological polar surface area (TPSA) is 53.8 Å². The Bertz CT molecular complexity index is 914. The molecule has 0 bridgehead atoms. The Kier molecular flexibility index (Phi) is 5.94. The van der Waals surface area contributed by atoms with E-state index in [2.05, 4.69) is 11.4 Å². The summed E-state index contributed by atoms with van der Waals surface area (Å²) >= 11 is 0. The molecule has 0 spiro atoms. The lowest BCUT2D eigenvalue weighted by Gasteiger charge is -2.50. The van der Waals surface area contributed by atoms with Crippen LogP contribution in [0.4, 0.5) is 10.1 Å². The van der Waals surface area contributed by atoms with Crippen molar-refractivity contribution >= 4 is 11.6 Å². The largest absolute Gasteiger partial charge is 0.389 e. The first-order valence-electron chi connectivity index (χ1n) is 11.1. The van der Waals surface area contributed by atoms with E-state index in [9.17, 15) is 14.3 Å². The number of amides is 1. The standard InChI is InChI=1S/C25H31FN2O2/c1-17-6-11-22(18(2)15-17)27-23(29)16-28-14-13-25(30)12-4-3-5-21(25)24(28)19-7-9-20(26)10-8-19/h6-11,15,21,24,30H,3-5,12-14,16H2,1-2H3,(H,27,29)/p+1/t21-,24-,25-/m1/s1. The van der Waals surface area contributed by atoms with Gasteiger partial charge in [-0.15, -0.1) is 0 Å². The maximum Gasteiger partial charge on any atom is 0.279 e. The number of rotatable bonds is 4. The van der Waals surface area contributed by atoms with Crippen molar-refractivity contribution in [1.29, 1.82) is 0 Å². The summed E-state index contributed by atoms with van der Waals surface area (Å²) in [6.45, 7) is 5.10. The number of hydrogen-bond donors (Lipinski definition) is 3. The van der Waals surface area contributed by atoms with Crippen molar-refractivity contribution in [2.45, 2.75) is 57.6 Å². The van der Waals surface area contributed by atoms with E-state index in [4.69, 9.17) is 0 Å². The normalized spacial score (nSPS) is 28.6. The highest BCUT2D eigenvalue weighted by atomic mass is 19.1. The minimum Gasteiger partial charge on any atom is -0.389 e. The fourth-order valence-corrected chi connectivity index (χ4v) is 5.54. The molecule has 3 N–H and O–H groups in total. The molecule has 2 fully saturated rings. The predicted molar refractivity (Wildman–Crippen MR) is 116 cm³/mol. The van der Waals surface area contributed by atoms with Gasteiger partial charge in [0.1, 0.15) is 11.9 Å². The lowest BCUT2D eigenvalue weighted by Crippen LogP contribution is -3.16. The number of carbonyl (C=O) groups is 1. The highest BCUT2D eigenvalue weighted by Gasteiger charge is 2.51. The lowest BCUT2D eigenvalue weighted by atomic mass is 9.66. The molecule has 0 radical (unpaired) electrons. The van der Waals surface area contributed by atoms with Gasteiger partial charge in [-0.2, -0.15) is 0 Å². The van der Waals surface area contributed by atoms with Gasteiger partial charge in [-0.25, -0.2) is 4.39 Å². The van der Waals surface area contributed by atoms with Crippen molar-refractivity contribution in [2.75, 3.05) is 18.4 Å². The highest BCUT2D eigenvalue weighted by molar-refractivity contribution is 5.92. The van der Waals surface area contributed by atoms with Gasteiger partial charge in [-0.1, -0.05) is 42.7 Å². The van der Waals surface area contributed by atoms with E-state index in [0.717, 1.165) is 53.9 Å². The van der Waals surface area contributed by atoms with Crippen LogP contribution < -0.4 is 10.2 Å². The summed E-state index contributed by atoms with van der Waals surface area (Å²) in [5, 5.41) is 14.4. The highest BCUT2D eigenvalue weighted by Crippen LogP contribution is 2.44. The number of halogens is 1. The molecule has 0 aromatic heterocycles. The number of likely N-dealkylation sites (tertiary alicyclic amines) is 1. The third-order valence-electron chi connectivity index (χ3n) is 7.06. The van der Waals surface area contributed by atoms with E-state index in [1.54, 1.807) is 0 Å². The van der Waals surface area contributed by atoms with E-state index in [1.807, 2.05) is 38.1 Å². The minimum absolute atomic E-state index is 0.00508. The van der Waals surface area contributed by atoms with Crippen LogP contribution in [0.5, 0.6) is 0 Å². The van der Waals surface area contributed by atoms with Crippen LogP contribution in [0.3, 0.4) is 0 Å². The van der Waals surface area contributed by atoms with Crippen molar-refractivity contribution in [1.82, 2.24) is 0 Å². The number of hydrogen-bond acceptors (Lipinski definition) is 2. The van der Waals surface area contributed by atoms with Gasteiger partial charge < -0.3 is 15.3 Å². The van der Waals surface area contributed by atoms with Crippen LogP contribution in [-0.4, -0.2) is 29.7 Å². The predicted octanol–water partition coefficient (Wildman–Crippen LogP) is 3.33. The molecule has 2 aliphatic rings. The Morgan fingerprint density at radius 1 is 1.17 bits per heavy atom. The molecule has 1 saturated carbocycles. The van der Waals surface area contributed by atoms with Gasteiger partial charge >= 0.3 is 0 Å². The molecule has 1 saturated heterocycles. The van der Waals surface area contributed by atoms with Crippen LogP contribution >= 0.6 is 0 Å². The van der Waals surface area contributed by atoms with E-state index < -0.39 is 5.60 Å². The maximum absolute atomic E-state index is 13.6. The second-order valence-electron chi connectivity index (χ2n) is 9.19. The summed E-state index contributed by atoms with van der Waals surface area (Å²) < 4.78 is 13.6. The second-order valence-corrected chi connectivity index (χ2v) is 9.19. The summed E-state index contributed by atoms with van der Waals surface area (Å²) in [6, 6.07) is 12.6. The Morgan fingerprint density at radius 3 is 2.67 bits per heavy atom. The average molecular weight is 412 g/mol. The molecule has 4 atom stereocenters. The Hall–Kier alpha value is -2.24. The van der Waals surface area contributed by atoms with E-state index in [0.29, 0.717) is 13.0 Å². The molecule has 4 nitrogen and oxygen atoms in total.